The van der Waals surface area contributed by atoms with Gasteiger partial charge in [0, 0.05) is 55.5 Å². The summed E-state index contributed by atoms with van der Waals surface area (Å²) in [5.41, 5.74) is 10.6. The van der Waals surface area contributed by atoms with Gasteiger partial charge in [-0.25, -0.2) is 4.39 Å². The lowest BCUT2D eigenvalue weighted by atomic mass is 10.00. The number of hydrogen-bond donors (Lipinski definition) is 2. The van der Waals surface area contributed by atoms with E-state index in [1.165, 1.54) is 36.2 Å². The molecule has 3 N–H and O–H groups in total. The molecule has 2 aromatic rings. The highest BCUT2D eigenvalue weighted by Crippen LogP contribution is 2.24. The van der Waals surface area contributed by atoms with E-state index in [1.807, 2.05) is 18.2 Å². The first-order valence-electron chi connectivity index (χ1n) is 17.5. The van der Waals surface area contributed by atoms with Crippen LogP contribution in [0.1, 0.15) is 73.6 Å². The Morgan fingerprint density at radius 2 is 1.79 bits per heavy atom. The maximum absolute atomic E-state index is 14.3. The summed E-state index contributed by atoms with van der Waals surface area (Å²) in [4.78, 5) is 20.9. The van der Waals surface area contributed by atoms with Gasteiger partial charge < -0.3 is 16.0 Å². The summed E-state index contributed by atoms with van der Waals surface area (Å²) in [6.45, 7) is 14.9. The average Bonchev–Trinajstić information content (AvgIpc) is 3.05. The number of unbranched alkanes of at least 4 members (excludes halogenated alkanes) is 3. The minimum absolute atomic E-state index is 0.120. The van der Waals surface area contributed by atoms with Gasteiger partial charge in [0.05, 0.1) is 5.57 Å². The van der Waals surface area contributed by atoms with Crippen molar-refractivity contribution in [1.29, 1.82) is 0 Å². The van der Waals surface area contributed by atoms with E-state index in [9.17, 15) is 9.18 Å². The molecule has 2 heterocycles. The molecular weight excluding hydrogens is 653 g/mol. The number of nitrogens with zero attached hydrogens (tertiary/aromatic N) is 3. The molecule has 6 nitrogen and oxygen atoms in total. The van der Waals surface area contributed by atoms with Crippen molar-refractivity contribution >= 4 is 21.8 Å². The number of halogens is 2. The van der Waals surface area contributed by atoms with E-state index in [1.54, 1.807) is 17.9 Å². The van der Waals surface area contributed by atoms with Gasteiger partial charge in [0.2, 0.25) is 0 Å². The lowest BCUT2D eigenvalue weighted by Crippen LogP contribution is -2.49. The Hall–Kier alpha value is -2.78. The van der Waals surface area contributed by atoms with E-state index in [0.29, 0.717) is 30.3 Å². The van der Waals surface area contributed by atoms with Crippen molar-refractivity contribution in [1.82, 2.24) is 20.0 Å². The van der Waals surface area contributed by atoms with Crippen LogP contribution in [0.15, 0.2) is 77.5 Å². The van der Waals surface area contributed by atoms with Crippen LogP contribution >= 0.6 is 15.9 Å². The Morgan fingerprint density at radius 1 is 1.04 bits per heavy atom. The topological polar surface area (TPSA) is 64.8 Å². The van der Waals surface area contributed by atoms with Crippen LogP contribution in [0, 0.1) is 19.7 Å². The smallest absolute Gasteiger partial charge is 0.255 e. The molecule has 0 spiro atoms. The minimum Gasteiger partial charge on any atom is -0.404 e. The summed E-state index contributed by atoms with van der Waals surface area (Å²) in [6.07, 6.45) is 13.5. The van der Waals surface area contributed by atoms with Gasteiger partial charge in [-0.05, 0) is 107 Å². The molecule has 0 aromatic heterocycles. The zero-order valence-electron chi connectivity index (χ0n) is 28.5. The van der Waals surface area contributed by atoms with Gasteiger partial charge in [0.15, 0.2) is 0 Å². The SMILES string of the molecule is C=CCCCCCN(Cc1ccc(C)c(F)c1)C(=O)C(=C/N)/C=C(/Br)C1CCCN(C2CCN(Cc3ccc(C)cc3)CC2)CCN1. The maximum atomic E-state index is 14.3. The van der Waals surface area contributed by atoms with Crippen LogP contribution < -0.4 is 11.1 Å². The third-order valence-corrected chi connectivity index (χ3v) is 10.4. The number of benzene rings is 2. The number of hydrogen-bond acceptors (Lipinski definition) is 5. The molecule has 2 aliphatic heterocycles. The number of carbonyl (C=O) groups is 1. The highest BCUT2D eigenvalue weighted by Gasteiger charge is 2.27. The Balaban J connectivity index is 1.30. The van der Waals surface area contributed by atoms with Crippen molar-refractivity contribution in [3.63, 3.8) is 0 Å². The number of piperidine rings is 1. The fourth-order valence-corrected chi connectivity index (χ4v) is 7.32. The van der Waals surface area contributed by atoms with Crippen molar-refractivity contribution in [2.45, 2.75) is 90.4 Å². The first-order valence-corrected chi connectivity index (χ1v) is 18.3. The number of likely N-dealkylation sites (tertiary alicyclic amines) is 1. The fourth-order valence-electron chi connectivity index (χ4n) is 6.68. The molecule has 0 aliphatic carbocycles. The average molecular weight is 709 g/mol. The van der Waals surface area contributed by atoms with E-state index in [0.717, 1.165) is 87.8 Å². The van der Waals surface area contributed by atoms with E-state index in [-0.39, 0.29) is 17.8 Å². The van der Waals surface area contributed by atoms with Crippen LogP contribution in [-0.4, -0.2) is 72.0 Å². The van der Waals surface area contributed by atoms with Crippen LogP contribution in [0.25, 0.3) is 0 Å². The fraction of sp³-hybridized carbons (Fsp3) is 0.513. The van der Waals surface area contributed by atoms with E-state index < -0.39 is 0 Å². The predicted octanol–water partition coefficient (Wildman–Crippen LogP) is 7.36. The van der Waals surface area contributed by atoms with Gasteiger partial charge in [-0.3, -0.25) is 14.6 Å². The Labute approximate surface area is 291 Å². The van der Waals surface area contributed by atoms with Crippen molar-refractivity contribution in [3.8, 4) is 0 Å². The highest BCUT2D eigenvalue weighted by atomic mass is 79.9. The normalized spacial score (nSPS) is 19.3. The second-order valence-corrected chi connectivity index (χ2v) is 14.2. The summed E-state index contributed by atoms with van der Waals surface area (Å²) < 4.78 is 15.3. The standard InChI is InChI=1S/C39H55BrFN5O/c1-4-5-6-7-8-20-46(29-33-16-13-31(3)37(41)25-33)39(47)34(27-42)26-36(40)38-10-9-21-45(24-19-43-38)35-17-22-44(23-18-35)28-32-14-11-30(2)12-15-32/h4,11-16,25-27,35,38,43H,1,5-10,17-24,28-29,42H2,2-3H3/b34-27+,36-26+. The first-order chi connectivity index (χ1) is 22.8. The molecule has 1 unspecified atom stereocenters. The van der Waals surface area contributed by atoms with Gasteiger partial charge in [-0.15, -0.1) is 6.58 Å². The number of carbonyl (C=O) groups excluding carboxylic acids is 1. The number of nitrogens with two attached hydrogens (primary N) is 1. The van der Waals surface area contributed by atoms with Crippen LogP contribution in [0.3, 0.4) is 0 Å². The summed E-state index contributed by atoms with van der Waals surface area (Å²) in [7, 11) is 0. The molecule has 0 radical (unpaired) electrons. The lowest BCUT2D eigenvalue weighted by Gasteiger charge is -2.40. The molecule has 4 rings (SSSR count). The van der Waals surface area contributed by atoms with E-state index >= 15 is 0 Å². The minimum atomic E-state index is -0.254. The number of allylic oxidation sites excluding steroid dienone is 1. The van der Waals surface area contributed by atoms with Crippen LogP contribution in [0.2, 0.25) is 0 Å². The molecule has 1 atom stereocenters. The van der Waals surface area contributed by atoms with Crippen molar-refractivity contribution in [3.05, 3.63) is 106 Å². The Bertz CT molecular complexity index is 1340. The van der Waals surface area contributed by atoms with Crippen molar-refractivity contribution < 1.29 is 9.18 Å². The van der Waals surface area contributed by atoms with Crippen LogP contribution in [0.5, 0.6) is 0 Å². The molecule has 2 aliphatic rings. The molecule has 47 heavy (non-hydrogen) atoms. The molecule has 2 saturated heterocycles. The van der Waals surface area contributed by atoms with Crippen molar-refractivity contribution in [2.75, 3.05) is 39.3 Å². The lowest BCUT2D eigenvalue weighted by molar-refractivity contribution is -0.127. The molecule has 2 aromatic carbocycles. The van der Waals surface area contributed by atoms with Gasteiger partial charge in [-0.2, -0.15) is 0 Å². The number of amides is 1. The summed E-state index contributed by atoms with van der Waals surface area (Å²) in [5, 5.41) is 3.73. The monoisotopic (exact) mass is 707 g/mol. The maximum Gasteiger partial charge on any atom is 0.255 e. The zero-order chi connectivity index (χ0) is 33.6. The first kappa shape index (κ1) is 37.0. The third-order valence-electron chi connectivity index (χ3n) is 9.61. The zero-order valence-corrected chi connectivity index (χ0v) is 30.1. The van der Waals surface area contributed by atoms with Gasteiger partial charge >= 0.3 is 0 Å². The van der Waals surface area contributed by atoms with Gasteiger partial charge in [0.25, 0.3) is 5.91 Å². The summed E-state index contributed by atoms with van der Waals surface area (Å²) >= 11 is 3.81. The van der Waals surface area contributed by atoms with Gasteiger partial charge in [0.1, 0.15) is 5.82 Å². The second kappa shape index (κ2) is 19.3. The number of rotatable bonds is 14. The molecule has 0 saturated carbocycles. The third kappa shape index (κ3) is 11.7. The van der Waals surface area contributed by atoms with E-state index in [2.05, 4.69) is 68.8 Å². The highest BCUT2D eigenvalue weighted by molar-refractivity contribution is 9.11. The summed E-state index contributed by atoms with van der Waals surface area (Å²) in [6, 6.07) is 14.9. The molecule has 0 bridgehead atoms. The predicted molar refractivity (Wildman–Crippen MR) is 197 cm³/mol. The quantitative estimate of drug-likeness (QED) is 0.0930. The van der Waals surface area contributed by atoms with Crippen LogP contribution in [-0.2, 0) is 17.9 Å². The Morgan fingerprint density at radius 3 is 2.49 bits per heavy atom. The number of aryl methyl sites for hydroxylation is 2. The second-order valence-electron chi connectivity index (χ2n) is 13.3. The van der Waals surface area contributed by atoms with E-state index in [4.69, 9.17) is 5.73 Å². The van der Waals surface area contributed by atoms with Gasteiger partial charge in [-0.1, -0.05) is 70.4 Å². The molecule has 8 heteroatoms. The van der Waals surface area contributed by atoms with Crippen molar-refractivity contribution in [2.24, 2.45) is 5.73 Å². The largest absolute Gasteiger partial charge is 0.404 e. The molecule has 256 valence electrons. The number of nitrogens with one attached hydrogen (secondary N) is 1. The Kier molecular flexibility index (Phi) is 15.2. The molecule has 1 amide bonds. The molecular formula is C39H55BrFN5O. The van der Waals surface area contributed by atoms with Crippen LogP contribution in [0.4, 0.5) is 4.39 Å². The molecule has 2 fully saturated rings. The summed E-state index contributed by atoms with van der Waals surface area (Å²) in [5.74, 6) is -0.393.